The van der Waals surface area contributed by atoms with Crippen molar-refractivity contribution in [3.63, 3.8) is 0 Å². The zero-order valence-electron chi connectivity index (χ0n) is 17.0. The van der Waals surface area contributed by atoms with E-state index in [-0.39, 0.29) is 0 Å². The third-order valence-corrected chi connectivity index (χ3v) is 5.51. The monoisotopic (exact) mass is 324 g/mol. The van der Waals surface area contributed by atoms with Crippen LogP contribution in [0.15, 0.2) is 0 Å². The molecule has 0 aromatic heterocycles. The van der Waals surface area contributed by atoms with Gasteiger partial charge in [-0.3, -0.25) is 0 Å². The zero-order chi connectivity index (χ0) is 17.0. The van der Waals surface area contributed by atoms with Crippen LogP contribution in [0.25, 0.3) is 0 Å². The molecule has 0 aliphatic carbocycles. The summed E-state index contributed by atoms with van der Waals surface area (Å²) in [5.74, 6) is 1.02. The van der Waals surface area contributed by atoms with Gasteiger partial charge in [-0.1, -0.05) is 143 Å². The molecule has 1 atom stereocenters. The summed E-state index contributed by atoms with van der Waals surface area (Å²) in [7, 11) is 0. The molecule has 0 nitrogen and oxygen atoms in total. The van der Waals surface area contributed by atoms with E-state index in [0.717, 1.165) is 5.92 Å². The molecule has 0 heterocycles. The second-order valence-electron chi connectivity index (χ2n) is 7.80. The van der Waals surface area contributed by atoms with E-state index in [1.165, 1.54) is 122 Å². The Morgan fingerprint density at radius 3 is 1.00 bits per heavy atom. The first-order chi connectivity index (χ1) is 11.3. The molecule has 0 spiro atoms. The van der Waals surface area contributed by atoms with E-state index in [9.17, 15) is 0 Å². The molecule has 0 saturated carbocycles. The van der Waals surface area contributed by atoms with E-state index in [4.69, 9.17) is 0 Å². The van der Waals surface area contributed by atoms with E-state index in [2.05, 4.69) is 20.8 Å². The van der Waals surface area contributed by atoms with Gasteiger partial charge in [0.15, 0.2) is 0 Å². The second kappa shape index (κ2) is 20.0. The first-order valence-corrected chi connectivity index (χ1v) is 11.3. The summed E-state index contributed by atoms with van der Waals surface area (Å²) in [6, 6.07) is 0. The standard InChI is InChI=1S/C23H48/c1-4-7-9-11-13-14-15-16-18-20-22-23(6-3)21-19-17-12-10-8-5-2/h23H,4-22H2,1-3H3. The van der Waals surface area contributed by atoms with Gasteiger partial charge >= 0.3 is 0 Å². The molecule has 0 rings (SSSR count). The van der Waals surface area contributed by atoms with Gasteiger partial charge in [0.2, 0.25) is 0 Å². The van der Waals surface area contributed by atoms with Gasteiger partial charge in [-0.25, -0.2) is 0 Å². The Bertz CT molecular complexity index is 196. The molecule has 0 N–H and O–H groups in total. The van der Waals surface area contributed by atoms with Crippen LogP contribution in [0, 0.1) is 5.92 Å². The average Bonchev–Trinajstić information content (AvgIpc) is 2.57. The minimum absolute atomic E-state index is 1.02. The molecule has 1 unspecified atom stereocenters. The van der Waals surface area contributed by atoms with Gasteiger partial charge in [0, 0.05) is 0 Å². The van der Waals surface area contributed by atoms with Crippen LogP contribution >= 0.6 is 0 Å². The van der Waals surface area contributed by atoms with Crippen LogP contribution in [-0.2, 0) is 0 Å². The molecule has 0 heteroatoms. The molecular formula is C23H48. The smallest absolute Gasteiger partial charge is 0.0417 e. The van der Waals surface area contributed by atoms with Crippen LogP contribution in [0.2, 0.25) is 0 Å². The van der Waals surface area contributed by atoms with Crippen molar-refractivity contribution < 1.29 is 0 Å². The average molecular weight is 325 g/mol. The van der Waals surface area contributed by atoms with Crippen LogP contribution in [0.3, 0.4) is 0 Å². The highest BCUT2D eigenvalue weighted by Gasteiger charge is 2.05. The quantitative estimate of drug-likeness (QED) is 0.208. The normalized spacial score (nSPS) is 12.7. The number of hydrogen-bond acceptors (Lipinski definition) is 0. The van der Waals surface area contributed by atoms with Crippen molar-refractivity contribution in [2.45, 2.75) is 143 Å². The van der Waals surface area contributed by atoms with Crippen molar-refractivity contribution in [1.29, 1.82) is 0 Å². The molecule has 0 aromatic carbocycles. The zero-order valence-corrected chi connectivity index (χ0v) is 17.0. The predicted octanol–water partition coefficient (Wildman–Crippen LogP) is 9.07. The molecule has 0 aliphatic rings. The van der Waals surface area contributed by atoms with Crippen LogP contribution in [-0.4, -0.2) is 0 Å². The van der Waals surface area contributed by atoms with Crippen molar-refractivity contribution in [3.8, 4) is 0 Å². The number of hydrogen-bond donors (Lipinski definition) is 0. The first kappa shape index (κ1) is 23.0. The Kier molecular flexibility index (Phi) is 20.0. The Hall–Kier alpha value is 0. The maximum absolute atomic E-state index is 2.40. The van der Waals surface area contributed by atoms with Gasteiger partial charge in [0.1, 0.15) is 0 Å². The van der Waals surface area contributed by atoms with Crippen LogP contribution in [0.5, 0.6) is 0 Å². The minimum atomic E-state index is 1.02. The summed E-state index contributed by atoms with van der Waals surface area (Å²) >= 11 is 0. The highest BCUT2D eigenvalue weighted by molar-refractivity contribution is 4.59. The van der Waals surface area contributed by atoms with Gasteiger partial charge in [0.25, 0.3) is 0 Å². The summed E-state index contributed by atoms with van der Waals surface area (Å²) in [6.45, 7) is 7.01. The van der Waals surface area contributed by atoms with E-state index in [0.29, 0.717) is 0 Å². The fraction of sp³-hybridized carbons (Fsp3) is 1.00. The largest absolute Gasteiger partial charge is 0.0654 e. The third-order valence-electron chi connectivity index (χ3n) is 5.51. The van der Waals surface area contributed by atoms with E-state index < -0.39 is 0 Å². The fourth-order valence-electron chi connectivity index (χ4n) is 3.69. The van der Waals surface area contributed by atoms with Crippen LogP contribution in [0.4, 0.5) is 0 Å². The summed E-state index contributed by atoms with van der Waals surface area (Å²) in [5.41, 5.74) is 0. The Balaban J connectivity index is 3.26. The highest BCUT2D eigenvalue weighted by atomic mass is 14.1. The Morgan fingerprint density at radius 2 is 0.696 bits per heavy atom. The van der Waals surface area contributed by atoms with Crippen molar-refractivity contribution in [1.82, 2.24) is 0 Å². The van der Waals surface area contributed by atoms with Crippen molar-refractivity contribution in [2.24, 2.45) is 5.92 Å². The Morgan fingerprint density at radius 1 is 0.391 bits per heavy atom. The lowest BCUT2D eigenvalue weighted by molar-refractivity contribution is 0.392. The van der Waals surface area contributed by atoms with E-state index >= 15 is 0 Å². The predicted molar refractivity (Wildman–Crippen MR) is 108 cm³/mol. The third kappa shape index (κ3) is 18.2. The first-order valence-electron chi connectivity index (χ1n) is 11.3. The molecule has 0 amide bonds. The lowest BCUT2D eigenvalue weighted by Crippen LogP contribution is -1.99. The van der Waals surface area contributed by atoms with Gasteiger partial charge in [-0.2, -0.15) is 0 Å². The SMILES string of the molecule is CCCCCCCCCCCCC(CC)CCCCCCCC. The summed E-state index contributed by atoms with van der Waals surface area (Å²) < 4.78 is 0. The van der Waals surface area contributed by atoms with Crippen LogP contribution in [0.1, 0.15) is 143 Å². The molecule has 140 valence electrons. The second-order valence-corrected chi connectivity index (χ2v) is 7.80. The summed E-state index contributed by atoms with van der Waals surface area (Å²) in [6.07, 6.45) is 27.8. The summed E-state index contributed by atoms with van der Waals surface area (Å²) in [5, 5.41) is 0. The highest BCUT2D eigenvalue weighted by Crippen LogP contribution is 2.21. The molecular weight excluding hydrogens is 276 g/mol. The van der Waals surface area contributed by atoms with E-state index in [1.807, 2.05) is 0 Å². The van der Waals surface area contributed by atoms with Crippen molar-refractivity contribution in [3.05, 3.63) is 0 Å². The molecule has 0 saturated heterocycles. The maximum Gasteiger partial charge on any atom is -0.0417 e. The van der Waals surface area contributed by atoms with Crippen molar-refractivity contribution >= 4 is 0 Å². The molecule has 0 bridgehead atoms. The lowest BCUT2D eigenvalue weighted by atomic mass is 9.92. The van der Waals surface area contributed by atoms with Gasteiger partial charge in [-0.15, -0.1) is 0 Å². The van der Waals surface area contributed by atoms with Crippen molar-refractivity contribution in [2.75, 3.05) is 0 Å². The molecule has 0 aromatic rings. The maximum atomic E-state index is 2.40. The molecule has 0 radical (unpaired) electrons. The Labute approximate surface area is 149 Å². The van der Waals surface area contributed by atoms with Crippen LogP contribution < -0.4 is 0 Å². The topological polar surface area (TPSA) is 0 Å². The fourth-order valence-corrected chi connectivity index (χ4v) is 3.69. The summed E-state index contributed by atoms with van der Waals surface area (Å²) in [4.78, 5) is 0. The van der Waals surface area contributed by atoms with Gasteiger partial charge in [0.05, 0.1) is 0 Å². The number of unbranched alkanes of at least 4 members (excludes halogenated alkanes) is 14. The lowest BCUT2D eigenvalue weighted by Gasteiger charge is -2.14. The molecule has 23 heavy (non-hydrogen) atoms. The van der Waals surface area contributed by atoms with Gasteiger partial charge in [-0.05, 0) is 5.92 Å². The molecule has 0 fully saturated rings. The van der Waals surface area contributed by atoms with E-state index in [1.54, 1.807) is 0 Å². The minimum Gasteiger partial charge on any atom is -0.0654 e. The number of rotatable bonds is 19. The van der Waals surface area contributed by atoms with Gasteiger partial charge < -0.3 is 0 Å². The molecule has 0 aliphatic heterocycles.